The van der Waals surface area contributed by atoms with Crippen LogP contribution in [0, 0.1) is 12.8 Å². The number of nitrogens with zero attached hydrogens (tertiary/aromatic N) is 2. The Balaban J connectivity index is 1.58. The van der Waals surface area contributed by atoms with E-state index in [4.69, 9.17) is 4.74 Å². The molecule has 2 aliphatic heterocycles. The van der Waals surface area contributed by atoms with E-state index >= 15 is 0 Å². The molecule has 2 aliphatic rings. The van der Waals surface area contributed by atoms with E-state index in [-0.39, 0.29) is 5.78 Å². The van der Waals surface area contributed by atoms with Crippen molar-refractivity contribution in [2.75, 3.05) is 39.4 Å². The molecule has 0 bridgehead atoms. The lowest BCUT2D eigenvalue weighted by molar-refractivity contribution is -0.908. The molecular formula is C24H28N3O4+. The number of aryl methyl sites for hydroxylation is 1. The smallest absolute Gasteiger partial charge is 0.291 e. The second kappa shape index (κ2) is 9.49. The molecule has 1 aromatic heterocycles. The number of likely N-dealkylation sites (tertiary alicyclic amines) is 1. The summed E-state index contributed by atoms with van der Waals surface area (Å²) in [6, 6.07) is 11.8. The molecule has 31 heavy (non-hydrogen) atoms. The third-order valence-electron chi connectivity index (χ3n) is 6.14. The number of hydrogen-bond acceptors (Lipinski definition) is 5. The molecule has 2 aromatic rings. The van der Waals surface area contributed by atoms with Crippen LogP contribution in [-0.2, 0) is 14.3 Å². The van der Waals surface area contributed by atoms with Crippen LogP contribution in [0.2, 0.25) is 0 Å². The SMILES string of the molecule is Cc1ccc(C(=O)C2C(=O)C(=O)N(CCC[NH+]3CCOCC3)C2c2ccccn2)cc1. The Labute approximate surface area is 182 Å². The molecule has 3 heterocycles. The molecule has 0 spiro atoms. The maximum absolute atomic E-state index is 13.3. The van der Waals surface area contributed by atoms with E-state index < -0.39 is 23.7 Å². The monoisotopic (exact) mass is 422 g/mol. The highest BCUT2D eigenvalue weighted by Gasteiger charge is 2.52. The van der Waals surface area contributed by atoms with Gasteiger partial charge in [-0.1, -0.05) is 35.9 Å². The highest BCUT2D eigenvalue weighted by atomic mass is 16.5. The van der Waals surface area contributed by atoms with Crippen LogP contribution in [0.15, 0.2) is 48.7 Å². The van der Waals surface area contributed by atoms with Crippen molar-refractivity contribution in [3.63, 3.8) is 0 Å². The average molecular weight is 423 g/mol. The maximum Gasteiger partial charge on any atom is 0.291 e. The molecule has 2 unspecified atom stereocenters. The van der Waals surface area contributed by atoms with Gasteiger partial charge in [0.05, 0.1) is 31.5 Å². The molecule has 1 amide bonds. The first-order chi connectivity index (χ1) is 15.1. The van der Waals surface area contributed by atoms with E-state index in [9.17, 15) is 14.4 Å². The third-order valence-corrected chi connectivity index (χ3v) is 6.14. The number of morpholine rings is 1. The number of benzene rings is 1. The molecule has 7 nitrogen and oxygen atoms in total. The minimum atomic E-state index is -1.07. The molecule has 1 N–H and O–H groups in total. The molecule has 162 valence electrons. The Hall–Kier alpha value is -2.90. The summed E-state index contributed by atoms with van der Waals surface area (Å²) in [7, 11) is 0. The van der Waals surface area contributed by atoms with Gasteiger partial charge in [0.2, 0.25) is 5.78 Å². The van der Waals surface area contributed by atoms with Crippen molar-refractivity contribution in [3.8, 4) is 0 Å². The van der Waals surface area contributed by atoms with Gasteiger partial charge in [0.1, 0.15) is 19.0 Å². The first kappa shape index (κ1) is 21.3. The lowest BCUT2D eigenvalue weighted by atomic mass is 9.88. The van der Waals surface area contributed by atoms with Crippen molar-refractivity contribution in [1.82, 2.24) is 9.88 Å². The van der Waals surface area contributed by atoms with Gasteiger partial charge in [-0.3, -0.25) is 19.4 Å². The minimum absolute atomic E-state index is 0.324. The number of hydrogen-bond donors (Lipinski definition) is 1. The van der Waals surface area contributed by atoms with Gasteiger partial charge in [0.25, 0.3) is 5.91 Å². The Morgan fingerprint density at radius 2 is 1.87 bits per heavy atom. The summed E-state index contributed by atoms with van der Waals surface area (Å²) in [5, 5.41) is 0. The summed E-state index contributed by atoms with van der Waals surface area (Å²) in [6.45, 7) is 6.66. The molecular weight excluding hydrogens is 394 g/mol. The van der Waals surface area contributed by atoms with Crippen LogP contribution in [0.5, 0.6) is 0 Å². The van der Waals surface area contributed by atoms with Crippen molar-refractivity contribution in [3.05, 3.63) is 65.5 Å². The van der Waals surface area contributed by atoms with Gasteiger partial charge in [-0.05, 0) is 19.1 Å². The summed E-state index contributed by atoms with van der Waals surface area (Å²) in [5.41, 5.74) is 2.04. The lowest BCUT2D eigenvalue weighted by Gasteiger charge is -2.28. The van der Waals surface area contributed by atoms with E-state index in [1.54, 1.807) is 35.4 Å². The van der Waals surface area contributed by atoms with Gasteiger partial charge in [0, 0.05) is 24.7 Å². The Bertz CT molecular complexity index is 939. The highest BCUT2D eigenvalue weighted by Crippen LogP contribution is 2.37. The standard InChI is InChI=1S/C24H27N3O4/c1-17-6-8-18(9-7-17)22(28)20-21(19-5-2-3-10-25-19)27(24(30)23(20)29)12-4-11-26-13-15-31-16-14-26/h2-3,5-10,20-21H,4,11-16H2,1H3/p+1. The van der Waals surface area contributed by atoms with Gasteiger partial charge in [-0.25, -0.2) is 0 Å². The van der Waals surface area contributed by atoms with Crippen LogP contribution in [0.4, 0.5) is 0 Å². The highest BCUT2D eigenvalue weighted by molar-refractivity contribution is 6.44. The predicted molar refractivity (Wildman–Crippen MR) is 114 cm³/mol. The number of carbonyl (C=O) groups is 3. The second-order valence-electron chi connectivity index (χ2n) is 8.24. The van der Waals surface area contributed by atoms with Crippen LogP contribution in [0.1, 0.15) is 34.1 Å². The Kier molecular flexibility index (Phi) is 6.53. The van der Waals surface area contributed by atoms with Crippen LogP contribution in [0.25, 0.3) is 0 Å². The normalized spacial score (nSPS) is 22.2. The summed E-state index contributed by atoms with van der Waals surface area (Å²) < 4.78 is 5.40. The number of ketones is 2. The average Bonchev–Trinajstić information content (AvgIpc) is 3.05. The van der Waals surface area contributed by atoms with Crippen molar-refractivity contribution in [1.29, 1.82) is 0 Å². The number of amides is 1. The molecule has 1 aromatic carbocycles. The quantitative estimate of drug-likeness (QED) is 0.403. The number of pyridine rings is 1. The number of carbonyl (C=O) groups excluding carboxylic acids is 3. The summed E-state index contributed by atoms with van der Waals surface area (Å²) in [5.74, 6) is -2.62. The van der Waals surface area contributed by atoms with E-state index in [0.717, 1.165) is 44.8 Å². The largest absolute Gasteiger partial charge is 0.370 e. The van der Waals surface area contributed by atoms with Crippen molar-refractivity contribution >= 4 is 17.5 Å². The molecule has 2 saturated heterocycles. The molecule has 7 heteroatoms. The van der Waals surface area contributed by atoms with Gasteiger partial charge in [-0.15, -0.1) is 0 Å². The first-order valence-corrected chi connectivity index (χ1v) is 10.8. The molecule has 4 rings (SSSR count). The number of quaternary nitrogens is 1. The van der Waals surface area contributed by atoms with Crippen LogP contribution in [-0.4, -0.2) is 66.8 Å². The fourth-order valence-corrected chi connectivity index (χ4v) is 4.42. The molecule has 2 atom stereocenters. The number of ether oxygens (including phenoxy) is 1. The van der Waals surface area contributed by atoms with E-state index in [1.165, 1.54) is 4.90 Å². The van der Waals surface area contributed by atoms with E-state index in [0.29, 0.717) is 17.8 Å². The van der Waals surface area contributed by atoms with Crippen molar-refractivity contribution < 1.29 is 24.0 Å². The zero-order chi connectivity index (χ0) is 21.8. The molecule has 0 saturated carbocycles. The van der Waals surface area contributed by atoms with E-state index in [1.807, 2.05) is 25.1 Å². The fourth-order valence-electron chi connectivity index (χ4n) is 4.42. The summed E-state index contributed by atoms with van der Waals surface area (Å²) in [6.07, 6.45) is 2.38. The lowest BCUT2D eigenvalue weighted by Crippen LogP contribution is -3.14. The number of nitrogens with one attached hydrogen (secondary N) is 1. The Morgan fingerprint density at radius 1 is 1.13 bits per heavy atom. The minimum Gasteiger partial charge on any atom is -0.370 e. The molecule has 2 fully saturated rings. The van der Waals surface area contributed by atoms with Gasteiger partial charge >= 0.3 is 0 Å². The summed E-state index contributed by atoms with van der Waals surface area (Å²) in [4.78, 5) is 46.6. The van der Waals surface area contributed by atoms with Crippen LogP contribution >= 0.6 is 0 Å². The third kappa shape index (κ3) is 4.57. The number of aromatic nitrogens is 1. The topological polar surface area (TPSA) is 81.0 Å². The van der Waals surface area contributed by atoms with Gasteiger partial charge < -0.3 is 14.5 Å². The van der Waals surface area contributed by atoms with E-state index in [2.05, 4.69) is 4.98 Å². The van der Waals surface area contributed by atoms with Crippen LogP contribution in [0.3, 0.4) is 0 Å². The second-order valence-corrected chi connectivity index (χ2v) is 8.24. The predicted octanol–water partition coefficient (Wildman–Crippen LogP) is 0.647. The summed E-state index contributed by atoms with van der Waals surface area (Å²) >= 11 is 0. The van der Waals surface area contributed by atoms with Crippen molar-refractivity contribution in [2.45, 2.75) is 19.4 Å². The number of rotatable bonds is 7. The Morgan fingerprint density at radius 3 is 2.55 bits per heavy atom. The van der Waals surface area contributed by atoms with Crippen molar-refractivity contribution in [2.24, 2.45) is 5.92 Å². The maximum atomic E-state index is 13.3. The zero-order valence-electron chi connectivity index (χ0n) is 17.8. The first-order valence-electron chi connectivity index (χ1n) is 10.8. The van der Waals surface area contributed by atoms with Gasteiger partial charge in [-0.2, -0.15) is 0 Å². The molecule has 0 aliphatic carbocycles. The molecule has 0 radical (unpaired) electrons. The zero-order valence-corrected chi connectivity index (χ0v) is 17.8. The fraction of sp³-hybridized carbons (Fsp3) is 0.417. The van der Waals surface area contributed by atoms with Gasteiger partial charge in [0.15, 0.2) is 5.78 Å². The van der Waals surface area contributed by atoms with Crippen LogP contribution < -0.4 is 4.90 Å². The number of Topliss-reactive ketones (excluding diaryl/α,β-unsaturated/α-hetero) is 2.